The van der Waals surface area contributed by atoms with Crippen molar-refractivity contribution in [2.75, 3.05) is 11.9 Å². The number of rotatable bonds is 5. The fourth-order valence-corrected chi connectivity index (χ4v) is 3.40. The van der Waals surface area contributed by atoms with E-state index in [2.05, 4.69) is 51.7 Å². The zero-order valence-electron chi connectivity index (χ0n) is 18.7. The van der Waals surface area contributed by atoms with E-state index in [0.29, 0.717) is 18.5 Å². The molecular formula is C23H30F2N6O. The van der Waals surface area contributed by atoms with Crippen LogP contribution >= 0.6 is 0 Å². The Kier molecular flexibility index (Phi) is 7.71. The topological polar surface area (TPSA) is 91.3 Å². The SMILES string of the molecule is CC(C)(C)CN/C(=N/C(=O)c1ccc(F)c(F)c1)N[C@H]1CC[C@H](Nc2ncccn2)CC1. The Morgan fingerprint density at radius 2 is 1.72 bits per heavy atom. The predicted octanol–water partition coefficient (Wildman–Crippen LogP) is 3.90. The molecule has 1 saturated carbocycles. The van der Waals surface area contributed by atoms with Gasteiger partial charge < -0.3 is 16.0 Å². The number of aromatic nitrogens is 2. The van der Waals surface area contributed by atoms with Crippen LogP contribution in [0, 0.1) is 17.0 Å². The Bertz CT molecular complexity index is 937. The standard InChI is InChI=1S/C23H30F2N6O/c1-23(2,3)14-28-22(31-20(32)15-5-10-18(24)19(25)13-15)30-17-8-6-16(7-9-17)29-21-26-11-4-12-27-21/h4-5,10-13,16-17H,6-9,14H2,1-3H3,(H,26,27,29)(H2,28,30,31,32)/t16-,17-. The Morgan fingerprint density at radius 1 is 1.06 bits per heavy atom. The third-order valence-electron chi connectivity index (χ3n) is 5.13. The maximum absolute atomic E-state index is 13.5. The molecule has 0 atom stereocenters. The molecule has 9 heteroatoms. The van der Waals surface area contributed by atoms with E-state index >= 15 is 0 Å². The number of anilines is 1. The van der Waals surface area contributed by atoms with Crippen molar-refractivity contribution >= 4 is 17.8 Å². The van der Waals surface area contributed by atoms with Gasteiger partial charge in [0.05, 0.1) is 0 Å². The number of nitrogens with one attached hydrogen (secondary N) is 3. The maximum atomic E-state index is 13.5. The number of carbonyl (C=O) groups excluding carboxylic acids is 1. The lowest BCUT2D eigenvalue weighted by Gasteiger charge is -2.31. The molecule has 7 nitrogen and oxygen atoms in total. The van der Waals surface area contributed by atoms with Gasteiger partial charge >= 0.3 is 0 Å². The summed E-state index contributed by atoms with van der Waals surface area (Å²) in [5, 5.41) is 9.88. The van der Waals surface area contributed by atoms with Crippen molar-refractivity contribution in [3.05, 3.63) is 53.9 Å². The first-order chi connectivity index (χ1) is 15.2. The second-order valence-electron chi connectivity index (χ2n) is 9.22. The summed E-state index contributed by atoms with van der Waals surface area (Å²) in [6, 6.07) is 5.22. The molecule has 0 saturated heterocycles. The lowest BCUT2D eigenvalue weighted by Crippen LogP contribution is -2.48. The van der Waals surface area contributed by atoms with Gasteiger partial charge in [-0.05, 0) is 55.4 Å². The van der Waals surface area contributed by atoms with Gasteiger partial charge in [0.15, 0.2) is 17.6 Å². The third-order valence-corrected chi connectivity index (χ3v) is 5.13. The first kappa shape index (κ1) is 23.6. The molecule has 32 heavy (non-hydrogen) atoms. The molecule has 2 aromatic rings. The minimum atomic E-state index is -1.07. The number of hydrogen-bond acceptors (Lipinski definition) is 4. The normalized spacial score (nSPS) is 19.3. The van der Waals surface area contributed by atoms with E-state index in [-0.39, 0.29) is 23.1 Å². The summed E-state index contributed by atoms with van der Waals surface area (Å²) in [5.74, 6) is -1.74. The molecule has 3 N–H and O–H groups in total. The van der Waals surface area contributed by atoms with Crippen LogP contribution in [-0.2, 0) is 0 Å². The quantitative estimate of drug-likeness (QED) is 0.479. The molecular weight excluding hydrogens is 414 g/mol. The van der Waals surface area contributed by atoms with Crippen molar-refractivity contribution in [2.45, 2.75) is 58.5 Å². The highest BCUT2D eigenvalue weighted by Crippen LogP contribution is 2.21. The summed E-state index contributed by atoms with van der Waals surface area (Å²) >= 11 is 0. The third kappa shape index (κ3) is 7.25. The van der Waals surface area contributed by atoms with Crippen LogP contribution in [-0.4, -0.2) is 40.5 Å². The van der Waals surface area contributed by atoms with Gasteiger partial charge in [0, 0.05) is 36.6 Å². The summed E-state index contributed by atoms with van der Waals surface area (Å²) in [6.45, 7) is 6.79. The van der Waals surface area contributed by atoms with E-state index < -0.39 is 17.5 Å². The highest BCUT2D eigenvalue weighted by Gasteiger charge is 2.23. The number of hydrogen-bond donors (Lipinski definition) is 3. The average molecular weight is 445 g/mol. The molecule has 1 amide bonds. The Labute approximate surface area is 187 Å². The number of benzene rings is 1. The molecule has 1 aliphatic rings. The lowest BCUT2D eigenvalue weighted by atomic mass is 9.91. The molecule has 0 unspecified atom stereocenters. The van der Waals surface area contributed by atoms with Crippen LogP contribution in [0.3, 0.4) is 0 Å². The zero-order chi connectivity index (χ0) is 23.1. The Hall–Kier alpha value is -3.10. The summed E-state index contributed by atoms with van der Waals surface area (Å²) < 4.78 is 26.7. The van der Waals surface area contributed by atoms with E-state index in [1.165, 1.54) is 6.07 Å². The number of nitrogens with zero attached hydrogens (tertiary/aromatic N) is 3. The fourth-order valence-electron chi connectivity index (χ4n) is 3.40. The highest BCUT2D eigenvalue weighted by atomic mass is 19.2. The number of guanidine groups is 1. The van der Waals surface area contributed by atoms with Gasteiger partial charge in [-0.3, -0.25) is 4.79 Å². The van der Waals surface area contributed by atoms with Crippen LogP contribution in [0.1, 0.15) is 56.8 Å². The smallest absolute Gasteiger partial charge is 0.280 e. The second-order valence-corrected chi connectivity index (χ2v) is 9.22. The summed E-state index contributed by atoms with van der Waals surface area (Å²) in [4.78, 5) is 25.1. The molecule has 0 radical (unpaired) electrons. The average Bonchev–Trinajstić information content (AvgIpc) is 2.75. The van der Waals surface area contributed by atoms with Crippen molar-refractivity contribution < 1.29 is 13.6 Å². The van der Waals surface area contributed by atoms with Gasteiger partial charge in [-0.15, -0.1) is 0 Å². The molecule has 0 spiro atoms. The van der Waals surface area contributed by atoms with Crippen molar-refractivity contribution in [1.82, 2.24) is 20.6 Å². The largest absolute Gasteiger partial charge is 0.355 e. The van der Waals surface area contributed by atoms with E-state index in [9.17, 15) is 13.6 Å². The zero-order valence-corrected chi connectivity index (χ0v) is 18.7. The Morgan fingerprint density at radius 3 is 2.34 bits per heavy atom. The molecule has 1 aromatic heterocycles. The first-order valence-corrected chi connectivity index (χ1v) is 10.8. The van der Waals surface area contributed by atoms with Crippen molar-refractivity contribution in [1.29, 1.82) is 0 Å². The molecule has 1 aliphatic carbocycles. The number of carbonyl (C=O) groups is 1. The van der Waals surface area contributed by atoms with Crippen LogP contribution in [0.5, 0.6) is 0 Å². The van der Waals surface area contributed by atoms with Crippen LogP contribution in [0.25, 0.3) is 0 Å². The fraction of sp³-hybridized carbons (Fsp3) is 0.478. The van der Waals surface area contributed by atoms with E-state index in [4.69, 9.17) is 0 Å². The molecule has 0 bridgehead atoms. The first-order valence-electron chi connectivity index (χ1n) is 10.8. The van der Waals surface area contributed by atoms with Crippen LogP contribution in [0.2, 0.25) is 0 Å². The van der Waals surface area contributed by atoms with Gasteiger partial charge in [0.2, 0.25) is 5.95 Å². The minimum absolute atomic E-state index is 0.00321. The number of amides is 1. The summed E-state index contributed by atoms with van der Waals surface area (Å²) in [5.41, 5.74) is -0.0402. The van der Waals surface area contributed by atoms with Crippen LogP contribution in [0.15, 0.2) is 41.7 Å². The van der Waals surface area contributed by atoms with Crippen LogP contribution in [0.4, 0.5) is 14.7 Å². The molecule has 172 valence electrons. The predicted molar refractivity (Wildman–Crippen MR) is 120 cm³/mol. The van der Waals surface area contributed by atoms with E-state index in [1.807, 2.05) is 0 Å². The Balaban J connectivity index is 1.63. The van der Waals surface area contributed by atoms with Gasteiger partial charge in [0.25, 0.3) is 5.91 Å². The van der Waals surface area contributed by atoms with Gasteiger partial charge in [-0.25, -0.2) is 18.7 Å². The van der Waals surface area contributed by atoms with Gasteiger partial charge in [-0.1, -0.05) is 20.8 Å². The molecule has 3 rings (SSSR count). The number of aliphatic imine (C=N–C) groups is 1. The van der Waals surface area contributed by atoms with Crippen molar-refractivity contribution in [3.63, 3.8) is 0 Å². The van der Waals surface area contributed by atoms with Crippen molar-refractivity contribution in [3.8, 4) is 0 Å². The monoisotopic (exact) mass is 444 g/mol. The second kappa shape index (κ2) is 10.5. The van der Waals surface area contributed by atoms with Gasteiger partial charge in [-0.2, -0.15) is 4.99 Å². The van der Waals surface area contributed by atoms with Crippen LogP contribution < -0.4 is 16.0 Å². The summed E-state index contributed by atoms with van der Waals surface area (Å²) in [7, 11) is 0. The van der Waals surface area contributed by atoms with E-state index in [0.717, 1.165) is 37.8 Å². The van der Waals surface area contributed by atoms with Gasteiger partial charge in [0.1, 0.15) is 0 Å². The molecule has 1 fully saturated rings. The van der Waals surface area contributed by atoms with E-state index in [1.54, 1.807) is 18.5 Å². The number of halogens is 2. The lowest BCUT2D eigenvalue weighted by molar-refractivity contribution is 0.100. The summed E-state index contributed by atoms with van der Waals surface area (Å²) in [6.07, 6.45) is 6.99. The minimum Gasteiger partial charge on any atom is -0.355 e. The molecule has 1 aromatic carbocycles. The molecule has 0 aliphatic heterocycles. The molecule has 1 heterocycles. The van der Waals surface area contributed by atoms with Crippen molar-refractivity contribution in [2.24, 2.45) is 10.4 Å². The maximum Gasteiger partial charge on any atom is 0.280 e. The highest BCUT2D eigenvalue weighted by molar-refractivity contribution is 6.02.